The van der Waals surface area contributed by atoms with Crippen LogP contribution in [0.1, 0.15) is 22.0 Å². The van der Waals surface area contributed by atoms with Crippen LogP contribution in [-0.4, -0.2) is 15.9 Å². The Morgan fingerprint density at radius 2 is 2.35 bits per heavy atom. The van der Waals surface area contributed by atoms with E-state index in [4.69, 9.17) is 4.42 Å². The number of amides is 1. The van der Waals surface area contributed by atoms with Crippen molar-refractivity contribution < 1.29 is 13.6 Å². The van der Waals surface area contributed by atoms with Gasteiger partial charge in [-0.15, -0.1) is 0 Å². The summed E-state index contributed by atoms with van der Waals surface area (Å²) < 4.78 is 18.4. The van der Waals surface area contributed by atoms with Crippen LogP contribution in [0.5, 0.6) is 0 Å². The Hall–Kier alpha value is -2.24. The van der Waals surface area contributed by atoms with Crippen LogP contribution in [-0.2, 0) is 6.54 Å². The number of carbonyl (C=O) groups is 1. The van der Waals surface area contributed by atoms with Gasteiger partial charge in [0.05, 0.1) is 24.5 Å². The Morgan fingerprint density at radius 1 is 1.53 bits per heavy atom. The molecule has 0 aliphatic carbocycles. The fourth-order valence-electron chi connectivity index (χ4n) is 1.29. The topological polar surface area (TPSA) is 68.0 Å². The Bertz CT molecular complexity index is 539. The molecule has 2 rings (SSSR count). The minimum absolute atomic E-state index is 0.0525. The molecule has 6 heteroatoms. The zero-order chi connectivity index (χ0) is 12.3. The van der Waals surface area contributed by atoms with Crippen LogP contribution < -0.4 is 5.32 Å². The van der Waals surface area contributed by atoms with Gasteiger partial charge in [-0.05, 0) is 13.0 Å². The predicted octanol–water partition coefficient (Wildman–Crippen LogP) is 1.45. The van der Waals surface area contributed by atoms with Crippen LogP contribution in [0.25, 0.3) is 0 Å². The molecule has 88 valence electrons. The second kappa shape index (κ2) is 4.73. The number of aromatic nitrogens is 2. The Labute approximate surface area is 96.7 Å². The molecule has 0 aromatic carbocycles. The number of rotatable bonds is 3. The van der Waals surface area contributed by atoms with Gasteiger partial charge >= 0.3 is 0 Å². The van der Waals surface area contributed by atoms with Gasteiger partial charge in [0.15, 0.2) is 5.82 Å². The highest BCUT2D eigenvalue weighted by Crippen LogP contribution is 2.05. The van der Waals surface area contributed by atoms with Crippen LogP contribution in [0.2, 0.25) is 0 Å². The molecule has 0 aliphatic heterocycles. The van der Waals surface area contributed by atoms with Crippen LogP contribution in [0, 0.1) is 12.7 Å². The lowest BCUT2D eigenvalue weighted by Gasteiger charge is -2.03. The number of hydrogen-bond donors (Lipinski definition) is 1. The van der Waals surface area contributed by atoms with Gasteiger partial charge in [-0.3, -0.25) is 9.78 Å². The lowest BCUT2D eigenvalue weighted by atomic mass is 10.2. The summed E-state index contributed by atoms with van der Waals surface area (Å²) in [6.45, 7) is 1.87. The molecular formula is C11H10FN3O2. The standard InChI is InChI=1S/C11H10FN3O2/c1-7-4-14-10(17-7)6-15-11(16)8-2-3-13-5-9(8)12/h2-5H,6H2,1H3,(H,15,16). The molecule has 2 aromatic heterocycles. The molecular weight excluding hydrogens is 225 g/mol. The van der Waals surface area contributed by atoms with Crippen LogP contribution in [0.3, 0.4) is 0 Å². The van der Waals surface area contributed by atoms with Gasteiger partial charge in [0, 0.05) is 6.20 Å². The zero-order valence-corrected chi connectivity index (χ0v) is 9.11. The first-order valence-electron chi connectivity index (χ1n) is 4.96. The van der Waals surface area contributed by atoms with Crippen molar-refractivity contribution in [2.45, 2.75) is 13.5 Å². The lowest BCUT2D eigenvalue weighted by molar-refractivity contribution is 0.0943. The summed E-state index contributed by atoms with van der Waals surface area (Å²) in [5.74, 6) is -0.149. The fourth-order valence-corrected chi connectivity index (χ4v) is 1.29. The number of pyridine rings is 1. The van der Waals surface area contributed by atoms with Gasteiger partial charge in [0.1, 0.15) is 5.76 Å². The number of hydrogen-bond acceptors (Lipinski definition) is 4. The predicted molar refractivity (Wildman–Crippen MR) is 56.6 cm³/mol. The Kier molecular flexibility index (Phi) is 3.13. The normalized spacial score (nSPS) is 10.2. The van der Waals surface area contributed by atoms with Crippen LogP contribution in [0.4, 0.5) is 4.39 Å². The highest BCUT2D eigenvalue weighted by atomic mass is 19.1. The summed E-state index contributed by atoms with van der Waals surface area (Å²) in [4.78, 5) is 19.1. The molecule has 0 aliphatic rings. The molecule has 0 saturated carbocycles. The second-order valence-electron chi connectivity index (χ2n) is 3.40. The van der Waals surface area contributed by atoms with E-state index >= 15 is 0 Å². The minimum atomic E-state index is -0.659. The molecule has 0 spiro atoms. The number of carbonyl (C=O) groups excluding carboxylic acids is 1. The number of halogens is 1. The molecule has 0 radical (unpaired) electrons. The average Bonchev–Trinajstić information content (AvgIpc) is 2.73. The number of oxazole rings is 1. The van der Waals surface area contributed by atoms with Gasteiger partial charge in [-0.25, -0.2) is 9.37 Å². The summed E-state index contributed by atoms with van der Waals surface area (Å²) in [6, 6.07) is 1.31. The van der Waals surface area contributed by atoms with Gasteiger partial charge in [-0.1, -0.05) is 0 Å². The largest absolute Gasteiger partial charge is 0.444 e. The maximum absolute atomic E-state index is 13.2. The molecule has 17 heavy (non-hydrogen) atoms. The monoisotopic (exact) mass is 235 g/mol. The first-order chi connectivity index (χ1) is 8.16. The van der Waals surface area contributed by atoms with Crippen LogP contribution >= 0.6 is 0 Å². The third-order valence-corrected chi connectivity index (χ3v) is 2.09. The van der Waals surface area contributed by atoms with Crippen molar-refractivity contribution in [2.75, 3.05) is 0 Å². The highest BCUT2D eigenvalue weighted by Gasteiger charge is 2.11. The molecule has 0 unspecified atom stereocenters. The highest BCUT2D eigenvalue weighted by molar-refractivity contribution is 5.94. The van der Waals surface area contributed by atoms with Crippen molar-refractivity contribution in [3.05, 3.63) is 47.7 Å². The molecule has 2 aromatic rings. The molecule has 0 atom stereocenters. The van der Waals surface area contributed by atoms with Gasteiger partial charge in [-0.2, -0.15) is 0 Å². The first-order valence-corrected chi connectivity index (χ1v) is 4.96. The smallest absolute Gasteiger partial charge is 0.254 e. The maximum Gasteiger partial charge on any atom is 0.254 e. The third kappa shape index (κ3) is 2.66. The van der Waals surface area contributed by atoms with Crippen molar-refractivity contribution in [1.82, 2.24) is 15.3 Å². The van der Waals surface area contributed by atoms with E-state index in [2.05, 4.69) is 15.3 Å². The van der Waals surface area contributed by atoms with Crippen LogP contribution in [0.15, 0.2) is 29.1 Å². The molecule has 1 N–H and O–H groups in total. The molecule has 0 fully saturated rings. The molecule has 5 nitrogen and oxygen atoms in total. The molecule has 1 amide bonds. The van der Waals surface area contributed by atoms with E-state index in [1.807, 2.05) is 0 Å². The summed E-state index contributed by atoms with van der Waals surface area (Å²) in [5.41, 5.74) is -0.0525. The Balaban J connectivity index is 2.01. The molecule has 2 heterocycles. The third-order valence-electron chi connectivity index (χ3n) is 2.09. The van der Waals surface area contributed by atoms with Crippen molar-refractivity contribution in [3.8, 4) is 0 Å². The average molecular weight is 235 g/mol. The number of nitrogens with one attached hydrogen (secondary N) is 1. The molecule has 0 bridgehead atoms. The van der Waals surface area contributed by atoms with Crippen molar-refractivity contribution in [2.24, 2.45) is 0 Å². The Morgan fingerprint density at radius 3 is 3.00 bits per heavy atom. The quantitative estimate of drug-likeness (QED) is 0.874. The van der Waals surface area contributed by atoms with Gasteiger partial charge < -0.3 is 9.73 Å². The van der Waals surface area contributed by atoms with E-state index in [0.29, 0.717) is 11.7 Å². The number of nitrogens with zero attached hydrogens (tertiary/aromatic N) is 2. The van der Waals surface area contributed by atoms with E-state index in [9.17, 15) is 9.18 Å². The van der Waals surface area contributed by atoms with Crippen molar-refractivity contribution in [3.63, 3.8) is 0 Å². The maximum atomic E-state index is 13.2. The van der Waals surface area contributed by atoms with Crippen molar-refractivity contribution >= 4 is 5.91 Å². The van der Waals surface area contributed by atoms with E-state index in [0.717, 1.165) is 6.20 Å². The first kappa shape index (κ1) is 11.3. The van der Waals surface area contributed by atoms with E-state index in [1.54, 1.807) is 13.1 Å². The zero-order valence-electron chi connectivity index (χ0n) is 9.11. The van der Waals surface area contributed by atoms with E-state index in [1.165, 1.54) is 12.3 Å². The summed E-state index contributed by atoms with van der Waals surface area (Å²) >= 11 is 0. The van der Waals surface area contributed by atoms with E-state index in [-0.39, 0.29) is 12.1 Å². The van der Waals surface area contributed by atoms with Gasteiger partial charge in [0.25, 0.3) is 5.91 Å². The number of aryl methyl sites for hydroxylation is 1. The molecule has 0 saturated heterocycles. The second-order valence-corrected chi connectivity index (χ2v) is 3.40. The fraction of sp³-hybridized carbons (Fsp3) is 0.182. The summed E-state index contributed by atoms with van der Waals surface area (Å²) in [6.07, 6.45) is 3.89. The van der Waals surface area contributed by atoms with Crippen molar-refractivity contribution in [1.29, 1.82) is 0 Å². The summed E-state index contributed by atoms with van der Waals surface area (Å²) in [7, 11) is 0. The minimum Gasteiger partial charge on any atom is -0.444 e. The van der Waals surface area contributed by atoms with Gasteiger partial charge in [0.2, 0.25) is 5.89 Å². The summed E-state index contributed by atoms with van der Waals surface area (Å²) in [5, 5.41) is 2.51. The van der Waals surface area contributed by atoms with E-state index < -0.39 is 11.7 Å². The SMILES string of the molecule is Cc1cnc(CNC(=O)c2ccncc2F)o1. The lowest BCUT2D eigenvalue weighted by Crippen LogP contribution is -2.24.